The fraction of sp³-hybridized carbons (Fsp3) is 0.483. The predicted octanol–water partition coefficient (Wildman–Crippen LogP) is 7.88. The number of carbonyl (C=O) groups excluding carboxylic acids is 4. The number of pyridine rings is 1. The second-order valence-electron chi connectivity index (χ2n) is 21.0. The molecule has 2 saturated heterocycles. The zero-order chi connectivity index (χ0) is 54.0. The Balaban J connectivity index is 0.937. The van der Waals surface area contributed by atoms with Crippen molar-refractivity contribution in [3.63, 3.8) is 0 Å². The Kier molecular flexibility index (Phi) is 19.1. The number of aromatic amines is 1. The number of thiazole rings is 1. The first-order chi connectivity index (χ1) is 35.8. The number of aryl methyl sites for hydroxylation is 4. The van der Waals surface area contributed by atoms with Crippen molar-refractivity contribution in [3.05, 3.63) is 122 Å². The van der Waals surface area contributed by atoms with Crippen LogP contribution in [0.1, 0.15) is 117 Å². The van der Waals surface area contributed by atoms with Gasteiger partial charge in [-0.15, -0.1) is 11.3 Å². The number of ether oxygens (including phenoxy) is 3. The molecule has 4 amide bonds. The zero-order valence-electron chi connectivity index (χ0n) is 45.0. The molecule has 2 fully saturated rings. The number of unbranched alkanes of at least 4 members (excludes halogenated alkanes) is 1. The highest BCUT2D eigenvalue weighted by Gasteiger charge is 2.45. The summed E-state index contributed by atoms with van der Waals surface area (Å²) < 4.78 is 17.7. The number of aromatic nitrogens is 2. The van der Waals surface area contributed by atoms with Crippen LogP contribution in [0, 0.1) is 33.1 Å². The van der Waals surface area contributed by atoms with Crippen LogP contribution in [0.4, 0.5) is 5.69 Å². The lowest BCUT2D eigenvalue weighted by Gasteiger charge is -2.36. The number of benzene rings is 3. The van der Waals surface area contributed by atoms with E-state index in [9.17, 15) is 29.1 Å². The van der Waals surface area contributed by atoms with Gasteiger partial charge in [0.15, 0.2) is 0 Å². The average Bonchev–Trinajstić information content (AvgIpc) is 4.00. The Morgan fingerprint density at radius 1 is 0.920 bits per heavy atom. The first-order valence-corrected chi connectivity index (χ1v) is 27.1. The maximum absolute atomic E-state index is 14.2. The van der Waals surface area contributed by atoms with Crippen molar-refractivity contribution in [1.29, 1.82) is 0 Å². The summed E-state index contributed by atoms with van der Waals surface area (Å²) in [5.74, 6) is -1.33. The largest absolute Gasteiger partial charge is 0.493 e. The maximum atomic E-state index is 14.2. The number of aliphatic hydroxyl groups is 1. The summed E-state index contributed by atoms with van der Waals surface area (Å²) in [6.45, 7) is 19.8. The van der Waals surface area contributed by atoms with Gasteiger partial charge in [-0.1, -0.05) is 63.2 Å². The summed E-state index contributed by atoms with van der Waals surface area (Å²) in [5, 5.41) is 19.6. The highest BCUT2D eigenvalue weighted by Crippen LogP contribution is 2.34. The van der Waals surface area contributed by atoms with Gasteiger partial charge in [-0.25, -0.2) is 4.98 Å². The summed E-state index contributed by atoms with van der Waals surface area (Å²) in [5.41, 5.74) is 10.2. The zero-order valence-corrected chi connectivity index (χ0v) is 45.8. The van der Waals surface area contributed by atoms with Gasteiger partial charge < -0.3 is 50.1 Å². The van der Waals surface area contributed by atoms with Crippen molar-refractivity contribution >= 4 is 40.7 Å². The van der Waals surface area contributed by atoms with Crippen LogP contribution in [0.2, 0.25) is 0 Å². The number of nitrogens with one attached hydrogen (secondary N) is 4. The molecule has 5 N–H and O–H groups in total. The SMILES string of the molecule is CCN(c1cc(-c2ccc(OCCCCOCC(=O)N[C@H](C(=O)N3C[C@H](O)C[C@H]3C(=O)N[C@@H](C)c3ccc(-c4scnc4C)cc3)C(C)(C)C)c(C(=O)NCc3c(C)cc(C)[nH]c3=O)c2)ccc1C)C1CCOCC1. The minimum Gasteiger partial charge on any atom is -0.493 e. The van der Waals surface area contributed by atoms with E-state index >= 15 is 0 Å². The Morgan fingerprint density at radius 3 is 2.29 bits per heavy atom. The summed E-state index contributed by atoms with van der Waals surface area (Å²) in [6, 6.07) is 19.8. The monoisotopic (exact) mass is 1050 g/mol. The lowest BCUT2D eigenvalue weighted by atomic mass is 9.85. The van der Waals surface area contributed by atoms with E-state index in [1.54, 1.807) is 17.4 Å². The predicted molar refractivity (Wildman–Crippen MR) is 293 cm³/mol. The van der Waals surface area contributed by atoms with Crippen molar-refractivity contribution in [2.45, 2.75) is 131 Å². The molecule has 75 heavy (non-hydrogen) atoms. The second-order valence-corrected chi connectivity index (χ2v) is 21.8. The molecule has 2 aliphatic heterocycles. The molecule has 4 heterocycles. The highest BCUT2D eigenvalue weighted by atomic mass is 32.1. The quantitative estimate of drug-likeness (QED) is 0.0447. The number of aliphatic hydroxyl groups excluding tert-OH is 1. The molecule has 0 aliphatic carbocycles. The number of hydrogen-bond acceptors (Lipinski definition) is 12. The minimum absolute atomic E-state index is 0.0364. The van der Waals surface area contributed by atoms with Gasteiger partial charge in [0.05, 0.1) is 40.4 Å². The smallest absolute Gasteiger partial charge is 0.255 e. The van der Waals surface area contributed by atoms with Crippen molar-refractivity contribution in [2.24, 2.45) is 5.41 Å². The van der Waals surface area contributed by atoms with Crippen LogP contribution >= 0.6 is 11.3 Å². The minimum atomic E-state index is -1.00. The van der Waals surface area contributed by atoms with E-state index in [0.29, 0.717) is 35.8 Å². The van der Waals surface area contributed by atoms with E-state index in [2.05, 4.69) is 62.9 Å². The van der Waals surface area contributed by atoms with Crippen LogP contribution < -0.4 is 31.1 Å². The van der Waals surface area contributed by atoms with Crippen LogP contribution in [-0.2, 0) is 30.4 Å². The van der Waals surface area contributed by atoms with Crippen LogP contribution in [0.5, 0.6) is 5.75 Å². The third kappa shape index (κ3) is 14.3. The van der Waals surface area contributed by atoms with E-state index in [-0.39, 0.29) is 62.7 Å². The van der Waals surface area contributed by atoms with Crippen molar-refractivity contribution < 1.29 is 38.5 Å². The fourth-order valence-electron chi connectivity index (χ4n) is 9.97. The molecule has 402 valence electrons. The molecule has 2 aromatic heterocycles. The summed E-state index contributed by atoms with van der Waals surface area (Å²) in [4.78, 5) is 80.3. The molecule has 4 atom stereocenters. The molecule has 0 radical (unpaired) electrons. The van der Waals surface area contributed by atoms with Crippen molar-refractivity contribution in [2.75, 3.05) is 51.0 Å². The lowest BCUT2D eigenvalue weighted by Crippen LogP contribution is -2.58. The Morgan fingerprint density at radius 2 is 1.61 bits per heavy atom. The number of carbonyl (C=O) groups is 4. The highest BCUT2D eigenvalue weighted by molar-refractivity contribution is 7.13. The van der Waals surface area contributed by atoms with Gasteiger partial charge in [-0.2, -0.15) is 0 Å². The van der Waals surface area contributed by atoms with Gasteiger partial charge in [0.2, 0.25) is 17.7 Å². The van der Waals surface area contributed by atoms with Crippen LogP contribution in [0.25, 0.3) is 21.6 Å². The van der Waals surface area contributed by atoms with Gasteiger partial charge in [0, 0.05) is 68.9 Å². The topological polar surface area (TPSA) is 205 Å². The van der Waals surface area contributed by atoms with E-state index in [1.807, 2.05) is 96.4 Å². The summed E-state index contributed by atoms with van der Waals surface area (Å²) in [7, 11) is 0. The molecule has 0 unspecified atom stereocenters. The standard InChI is InChI=1S/C58H75N7O9S/c1-10-64(44-21-25-72-26-22-44)48-29-43(14-13-35(48)2)42-19-20-50(46(28-42)54(68)59-31-47-36(3)27-37(4)61-55(47)69)74-24-12-11-23-73-33-51(67)63-53(58(7,8)9)57(71)65-32-45(66)30-49(65)56(70)62-38(5)40-15-17-41(18-16-40)52-39(6)60-34-75-52/h13-20,27-29,34,38,44-45,49,53,66H,10-12,21-26,30-33H2,1-9H3,(H,59,68)(H,61,69)(H,62,70)(H,63,67)/t38-,45+,49-,53+/m0/s1. The maximum Gasteiger partial charge on any atom is 0.255 e. The third-order valence-corrected chi connectivity index (χ3v) is 15.2. The van der Waals surface area contributed by atoms with Gasteiger partial charge in [-0.3, -0.25) is 24.0 Å². The third-order valence-electron chi connectivity index (χ3n) is 14.2. The molecular weight excluding hydrogens is 971 g/mol. The van der Waals surface area contributed by atoms with Crippen LogP contribution in [0.3, 0.4) is 0 Å². The Hall–Kier alpha value is -6.40. The Bertz CT molecular complexity index is 2850. The van der Waals surface area contributed by atoms with Gasteiger partial charge in [0.25, 0.3) is 11.5 Å². The summed E-state index contributed by atoms with van der Waals surface area (Å²) in [6.07, 6.45) is 2.17. The molecule has 16 nitrogen and oxygen atoms in total. The number of anilines is 1. The number of amides is 4. The van der Waals surface area contributed by atoms with Crippen molar-refractivity contribution in [1.82, 2.24) is 30.8 Å². The van der Waals surface area contributed by atoms with Crippen LogP contribution in [0.15, 0.2) is 77.0 Å². The Labute approximate surface area is 445 Å². The molecule has 3 aromatic carbocycles. The number of H-pyrrole nitrogens is 1. The molecular formula is C58H75N7O9S. The number of likely N-dealkylation sites (tertiary alicyclic amines) is 1. The molecule has 7 rings (SSSR count). The number of rotatable bonds is 21. The molecule has 17 heteroatoms. The summed E-state index contributed by atoms with van der Waals surface area (Å²) >= 11 is 1.57. The molecule has 0 bridgehead atoms. The number of nitrogens with zero attached hydrogens (tertiary/aromatic N) is 3. The number of β-amino-alcohol motifs (C(OH)–C–C–N with tert-alkyl or cyclic N) is 1. The van der Waals surface area contributed by atoms with E-state index in [0.717, 1.165) is 82.4 Å². The van der Waals surface area contributed by atoms with Crippen LogP contribution in [-0.4, -0.2) is 114 Å². The fourth-order valence-corrected chi connectivity index (χ4v) is 10.8. The van der Waals surface area contributed by atoms with E-state index in [4.69, 9.17) is 14.2 Å². The number of hydrogen-bond donors (Lipinski definition) is 5. The average molecular weight is 1050 g/mol. The lowest BCUT2D eigenvalue weighted by molar-refractivity contribution is -0.144. The molecule has 0 saturated carbocycles. The second kappa shape index (κ2) is 25.4. The van der Waals surface area contributed by atoms with Gasteiger partial charge in [0.1, 0.15) is 24.4 Å². The van der Waals surface area contributed by atoms with Gasteiger partial charge in [-0.05, 0) is 130 Å². The first kappa shape index (κ1) is 56.3. The van der Waals surface area contributed by atoms with E-state index in [1.165, 1.54) is 10.5 Å². The van der Waals surface area contributed by atoms with E-state index < -0.39 is 35.4 Å². The molecule has 0 spiro atoms. The first-order valence-electron chi connectivity index (χ1n) is 26.2. The normalized spacial score (nSPS) is 16.8. The van der Waals surface area contributed by atoms with Crippen molar-refractivity contribution in [3.8, 4) is 27.3 Å². The molecule has 5 aromatic rings. The molecule has 2 aliphatic rings. The van der Waals surface area contributed by atoms with Gasteiger partial charge >= 0.3 is 0 Å².